The molecule has 0 aliphatic heterocycles. The summed E-state index contributed by atoms with van der Waals surface area (Å²) in [7, 11) is 4.38. The molecule has 3 aromatic rings. The predicted molar refractivity (Wildman–Crippen MR) is 121 cm³/mol. The summed E-state index contributed by atoms with van der Waals surface area (Å²) >= 11 is 0. The smallest absolute Gasteiger partial charge is 0.312 e. The van der Waals surface area contributed by atoms with Gasteiger partial charge in [-0.1, -0.05) is 12.1 Å². The van der Waals surface area contributed by atoms with Crippen LogP contribution in [0, 0.1) is 0 Å². The van der Waals surface area contributed by atoms with E-state index < -0.39 is 11.9 Å². The molecule has 0 bridgehead atoms. The van der Waals surface area contributed by atoms with Crippen molar-refractivity contribution < 1.29 is 28.5 Å². The first-order valence-corrected chi connectivity index (χ1v) is 10.2. The van der Waals surface area contributed by atoms with E-state index in [1.165, 1.54) is 27.5 Å². The standard InChI is InChI=1S/C25H27NO6/c1-14(2)32-17-9-7-8-16(10-17)24(27)23-19-12-22(30-5)21(29-4)11-18(19)20(13-26-23)15(3)25(28)31-6/h7-15H,1-6H3. The van der Waals surface area contributed by atoms with Crippen molar-refractivity contribution in [1.29, 1.82) is 0 Å². The van der Waals surface area contributed by atoms with E-state index in [1.54, 1.807) is 43.3 Å². The number of hydrogen-bond donors (Lipinski definition) is 0. The molecule has 7 heteroatoms. The molecule has 3 rings (SSSR count). The largest absolute Gasteiger partial charge is 0.493 e. The van der Waals surface area contributed by atoms with E-state index in [1.807, 2.05) is 13.8 Å². The number of carbonyl (C=O) groups is 2. The Morgan fingerprint density at radius 3 is 2.16 bits per heavy atom. The molecule has 1 heterocycles. The topological polar surface area (TPSA) is 84.0 Å². The lowest BCUT2D eigenvalue weighted by Gasteiger charge is -2.17. The van der Waals surface area contributed by atoms with Crippen LogP contribution in [0.1, 0.15) is 48.3 Å². The molecule has 0 saturated heterocycles. The molecule has 168 valence electrons. The van der Waals surface area contributed by atoms with Crippen LogP contribution in [0.2, 0.25) is 0 Å². The van der Waals surface area contributed by atoms with Crippen LogP contribution in [0.15, 0.2) is 42.6 Å². The maximum Gasteiger partial charge on any atom is 0.312 e. The normalized spacial score (nSPS) is 11.8. The monoisotopic (exact) mass is 437 g/mol. The molecule has 0 radical (unpaired) electrons. The molecule has 1 aromatic heterocycles. The first-order valence-electron chi connectivity index (χ1n) is 10.2. The number of methoxy groups -OCH3 is 3. The van der Waals surface area contributed by atoms with Crippen LogP contribution in [0.3, 0.4) is 0 Å². The number of ether oxygens (including phenoxy) is 4. The van der Waals surface area contributed by atoms with Crippen molar-refractivity contribution in [2.24, 2.45) is 0 Å². The van der Waals surface area contributed by atoms with Gasteiger partial charge < -0.3 is 18.9 Å². The van der Waals surface area contributed by atoms with Gasteiger partial charge in [0, 0.05) is 17.1 Å². The van der Waals surface area contributed by atoms with Gasteiger partial charge in [-0.3, -0.25) is 14.6 Å². The van der Waals surface area contributed by atoms with Crippen molar-refractivity contribution in [2.75, 3.05) is 21.3 Å². The number of esters is 1. The zero-order valence-electron chi connectivity index (χ0n) is 19.1. The zero-order valence-corrected chi connectivity index (χ0v) is 19.1. The third-order valence-corrected chi connectivity index (χ3v) is 5.13. The van der Waals surface area contributed by atoms with Gasteiger partial charge in [0.25, 0.3) is 0 Å². The van der Waals surface area contributed by atoms with Crippen molar-refractivity contribution in [1.82, 2.24) is 4.98 Å². The lowest BCUT2D eigenvalue weighted by atomic mass is 9.93. The zero-order chi connectivity index (χ0) is 23.4. The Balaban J connectivity index is 2.21. The predicted octanol–water partition coefficient (Wildman–Crippen LogP) is 4.55. The van der Waals surface area contributed by atoms with E-state index >= 15 is 0 Å². The molecule has 7 nitrogen and oxygen atoms in total. The Morgan fingerprint density at radius 1 is 0.906 bits per heavy atom. The molecule has 1 atom stereocenters. The van der Waals surface area contributed by atoms with Gasteiger partial charge in [0.15, 0.2) is 11.5 Å². The van der Waals surface area contributed by atoms with Crippen molar-refractivity contribution in [3.63, 3.8) is 0 Å². The van der Waals surface area contributed by atoms with Crippen LogP contribution in [-0.2, 0) is 9.53 Å². The third-order valence-electron chi connectivity index (χ3n) is 5.13. The molecule has 1 unspecified atom stereocenters. The Kier molecular flexibility index (Phi) is 6.98. The van der Waals surface area contributed by atoms with Crippen LogP contribution in [-0.4, -0.2) is 44.2 Å². The van der Waals surface area contributed by atoms with Crippen LogP contribution in [0.4, 0.5) is 0 Å². The number of pyridine rings is 1. The summed E-state index contributed by atoms with van der Waals surface area (Å²) in [6.07, 6.45) is 1.52. The molecular weight excluding hydrogens is 410 g/mol. The fourth-order valence-corrected chi connectivity index (χ4v) is 3.54. The highest BCUT2D eigenvalue weighted by atomic mass is 16.5. The molecule has 2 aromatic carbocycles. The summed E-state index contributed by atoms with van der Waals surface area (Å²) in [5.74, 6) is 0.283. The van der Waals surface area contributed by atoms with Gasteiger partial charge in [-0.25, -0.2) is 0 Å². The average molecular weight is 437 g/mol. The van der Waals surface area contributed by atoms with Crippen molar-refractivity contribution in [3.05, 3.63) is 59.4 Å². The molecular formula is C25H27NO6. The molecule has 0 saturated carbocycles. The average Bonchev–Trinajstić information content (AvgIpc) is 2.80. The highest BCUT2D eigenvalue weighted by molar-refractivity contribution is 6.16. The fourth-order valence-electron chi connectivity index (χ4n) is 3.54. The minimum Gasteiger partial charge on any atom is -0.493 e. The van der Waals surface area contributed by atoms with Gasteiger partial charge in [-0.05, 0) is 56.0 Å². The number of carbonyl (C=O) groups excluding carboxylic acids is 2. The summed E-state index contributed by atoms with van der Waals surface area (Å²) in [4.78, 5) is 30.1. The first kappa shape index (κ1) is 23.1. The number of benzene rings is 2. The number of ketones is 1. The van der Waals surface area contributed by atoms with Gasteiger partial charge in [-0.2, -0.15) is 0 Å². The van der Waals surface area contributed by atoms with Crippen molar-refractivity contribution >= 4 is 22.5 Å². The summed E-state index contributed by atoms with van der Waals surface area (Å²) < 4.78 is 21.5. The highest BCUT2D eigenvalue weighted by Gasteiger charge is 2.24. The van der Waals surface area contributed by atoms with E-state index in [9.17, 15) is 9.59 Å². The van der Waals surface area contributed by atoms with E-state index in [4.69, 9.17) is 18.9 Å². The number of hydrogen-bond acceptors (Lipinski definition) is 7. The van der Waals surface area contributed by atoms with E-state index in [-0.39, 0.29) is 17.6 Å². The SMILES string of the molecule is COC(=O)C(C)c1cnc(C(=O)c2cccc(OC(C)C)c2)c2cc(OC)c(OC)cc12. The summed E-state index contributed by atoms with van der Waals surface area (Å²) in [5, 5.41) is 1.21. The van der Waals surface area contributed by atoms with Gasteiger partial charge >= 0.3 is 5.97 Å². The van der Waals surface area contributed by atoms with E-state index in [0.717, 1.165) is 0 Å². The van der Waals surface area contributed by atoms with Crippen LogP contribution < -0.4 is 14.2 Å². The third kappa shape index (κ3) is 4.51. The number of fused-ring (bicyclic) bond motifs is 1. The molecule has 0 aliphatic rings. The molecule has 32 heavy (non-hydrogen) atoms. The van der Waals surface area contributed by atoms with Gasteiger partial charge in [0.1, 0.15) is 11.4 Å². The minimum atomic E-state index is -0.583. The molecule has 0 N–H and O–H groups in total. The van der Waals surface area contributed by atoms with Crippen LogP contribution in [0.25, 0.3) is 10.8 Å². The molecule has 0 fully saturated rings. The molecule has 0 aliphatic carbocycles. The quantitative estimate of drug-likeness (QED) is 0.378. The molecule has 0 amide bonds. The number of rotatable bonds is 8. The first-order chi connectivity index (χ1) is 15.3. The second-order valence-electron chi connectivity index (χ2n) is 7.58. The lowest BCUT2D eigenvalue weighted by molar-refractivity contribution is -0.141. The van der Waals surface area contributed by atoms with E-state index in [2.05, 4.69) is 4.98 Å². The summed E-state index contributed by atoms with van der Waals surface area (Å²) in [5.41, 5.74) is 1.31. The second-order valence-corrected chi connectivity index (χ2v) is 7.58. The number of aromatic nitrogens is 1. The minimum absolute atomic E-state index is 0.0184. The number of nitrogens with zero attached hydrogens (tertiary/aromatic N) is 1. The van der Waals surface area contributed by atoms with Crippen LogP contribution >= 0.6 is 0 Å². The Bertz CT molecular complexity index is 1150. The lowest BCUT2D eigenvalue weighted by Crippen LogP contribution is -2.13. The van der Waals surface area contributed by atoms with Crippen LogP contribution in [0.5, 0.6) is 17.2 Å². The Labute approximate surface area is 187 Å². The molecule has 0 spiro atoms. The second kappa shape index (κ2) is 9.68. The summed E-state index contributed by atoms with van der Waals surface area (Å²) in [6, 6.07) is 10.4. The van der Waals surface area contributed by atoms with E-state index in [0.29, 0.717) is 39.1 Å². The summed E-state index contributed by atoms with van der Waals surface area (Å²) in [6.45, 7) is 5.57. The van der Waals surface area contributed by atoms with Gasteiger partial charge in [0.2, 0.25) is 5.78 Å². The highest BCUT2D eigenvalue weighted by Crippen LogP contribution is 2.37. The Hall–Kier alpha value is -3.61. The maximum absolute atomic E-state index is 13.4. The van der Waals surface area contributed by atoms with Gasteiger partial charge in [0.05, 0.1) is 33.4 Å². The van der Waals surface area contributed by atoms with Crippen molar-refractivity contribution in [2.45, 2.75) is 32.8 Å². The van der Waals surface area contributed by atoms with Gasteiger partial charge in [-0.15, -0.1) is 0 Å². The van der Waals surface area contributed by atoms with Crippen molar-refractivity contribution in [3.8, 4) is 17.2 Å². The fraction of sp³-hybridized carbons (Fsp3) is 0.320. The maximum atomic E-state index is 13.4. The Morgan fingerprint density at radius 2 is 1.56 bits per heavy atom.